The Morgan fingerprint density at radius 1 is 1.29 bits per heavy atom. The summed E-state index contributed by atoms with van der Waals surface area (Å²) in [6.07, 6.45) is 2.69. The lowest BCUT2D eigenvalue weighted by atomic mass is 10.1. The third-order valence-corrected chi connectivity index (χ3v) is 4.22. The molecule has 0 saturated heterocycles. The van der Waals surface area contributed by atoms with Crippen molar-refractivity contribution in [2.45, 2.75) is 43.2 Å². The first-order valence-corrected chi connectivity index (χ1v) is 8.01. The van der Waals surface area contributed by atoms with E-state index in [-0.39, 0.29) is 5.56 Å². The van der Waals surface area contributed by atoms with Crippen molar-refractivity contribution >= 4 is 11.8 Å². The SMILES string of the molecule is CCCc1cc(=O)[nH]c(Sc2ccc(CCN)cc2C)n1. The first-order chi connectivity index (χ1) is 10.1. The molecule has 0 aliphatic rings. The number of rotatable bonds is 6. The van der Waals surface area contributed by atoms with E-state index >= 15 is 0 Å². The average Bonchev–Trinajstić information content (AvgIpc) is 2.42. The number of benzene rings is 1. The van der Waals surface area contributed by atoms with Gasteiger partial charge in [0, 0.05) is 16.7 Å². The van der Waals surface area contributed by atoms with Gasteiger partial charge in [0.05, 0.1) is 0 Å². The molecule has 21 heavy (non-hydrogen) atoms. The maximum Gasteiger partial charge on any atom is 0.251 e. The Morgan fingerprint density at radius 2 is 2.10 bits per heavy atom. The molecule has 0 saturated carbocycles. The van der Waals surface area contributed by atoms with E-state index in [0.29, 0.717) is 11.7 Å². The number of H-pyrrole nitrogens is 1. The molecule has 5 heteroatoms. The summed E-state index contributed by atoms with van der Waals surface area (Å²) >= 11 is 1.50. The van der Waals surface area contributed by atoms with Crippen LogP contribution in [0.4, 0.5) is 0 Å². The van der Waals surface area contributed by atoms with Gasteiger partial charge in [0.1, 0.15) is 0 Å². The Bertz CT molecular complexity index is 667. The van der Waals surface area contributed by atoms with Gasteiger partial charge >= 0.3 is 0 Å². The van der Waals surface area contributed by atoms with Crippen molar-refractivity contribution in [3.8, 4) is 0 Å². The molecule has 0 unspecified atom stereocenters. The Morgan fingerprint density at radius 3 is 2.76 bits per heavy atom. The molecule has 0 bridgehead atoms. The van der Waals surface area contributed by atoms with E-state index in [2.05, 4.69) is 42.0 Å². The summed E-state index contributed by atoms with van der Waals surface area (Å²) in [5, 5.41) is 0.653. The summed E-state index contributed by atoms with van der Waals surface area (Å²) in [6, 6.07) is 7.86. The zero-order chi connectivity index (χ0) is 15.2. The Hall–Kier alpha value is -1.59. The minimum Gasteiger partial charge on any atom is -0.330 e. The molecule has 1 heterocycles. The van der Waals surface area contributed by atoms with Crippen LogP contribution in [0.15, 0.2) is 39.1 Å². The van der Waals surface area contributed by atoms with Gasteiger partial charge < -0.3 is 10.7 Å². The molecule has 0 amide bonds. The van der Waals surface area contributed by atoms with Crippen LogP contribution in [0.1, 0.15) is 30.2 Å². The molecule has 4 nitrogen and oxygen atoms in total. The normalized spacial score (nSPS) is 10.8. The molecule has 1 aromatic heterocycles. The quantitative estimate of drug-likeness (QED) is 0.805. The Labute approximate surface area is 129 Å². The summed E-state index contributed by atoms with van der Waals surface area (Å²) in [7, 11) is 0. The van der Waals surface area contributed by atoms with Gasteiger partial charge in [-0.1, -0.05) is 37.2 Å². The summed E-state index contributed by atoms with van der Waals surface area (Å²) in [5.41, 5.74) is 8.75. The summed E-state index contributed by atoms with van der Waals surface area (Å²) in [6.45, 7) is 4.80. The van der Waals surface area contributed by atoms with Crippen molar-refractivity contribution in [3.05, 3.63) is 51.4 Å². The molecule has 0 aliphatic carbocycles. The fraction of sp³-hybridized carbons (Fsp3) is 0.375. The highest BCUT2D eigenvalue weighted by Gasteiger charge is 2.06. The Kier molecular flexibility index (Phi) is 5.59. The summed E-state index contributed by atoms with van der Waals surface area (Å²) in [5.74, 6) is 0. The van der Waals surface area contributed by atoms with E-state index in [0.717, 1.165) is 29.9 Å². The highest BCUT2D eigenvalue weighted by Crippen LogP contribution is 2.28. The highest BCUT2D eigenvalue weighted by molar-refractivity contribution is 7.99. The van der Waals surface area contributed by atoms with Crippen LogP contribution in [0, 0.1) is 6.92 Å². The lowest BCUT2D eigenvalue weighted by Gasteiger charge is -2.08. The van der Waals surface area contributed by atoms with Gasteiger partial charge in [-0.05, 0) is 43.5 Å². The minimum absolute atomic E-state index is 0.0895. The van der Waals surface area contributed by atoms with Crippen molar-refractivity contribution < 1.29 is 0 Å². The summed E-state index contributed by atoms with van der Waals surface area (Å²) in [4.78, 5) is 20.1. The first-order valence-electron chi connectivity index (χ1n) is 7.20. The maximum absolute atomic E-state index is 11.7. The van der Waals surface area contributed by atoms with Crippen LogP contribution in [0.5, 0.6) is 0 Å². The number of hydrogen-bond acceptors (Lipinski definition) is 4. The lowest BCUT2D eigenvalue weighted by molar-refractivity contribution is 0.815. The van der Waals surface area contributed by atoms with Crippen LogP contribution >= 0.6 is 11.8 Å². The molecule has 2 rings (SSSR count). The molecule has 3 N–H and O–H groups in total. The fourth-order valence-electron chi connectivity index (χ4n) is 2.17. The largest absolute Gasteiger partial charge is 0.330 e. The molecular formula is C16H21N3OS. The third-order valence-electron chi connectivity index (χ3n) is 3.16. The van der Waals surface area contributed by atoms with E-state index in [4.69, 9.17) is 5.73 Å². The standard InChI is InChI=1S/C16H21N3OS/c1-3-4-13-10-15(20)19-16(18-13)21-14-6-5-12(7-8-17)9-11(14)2/h5-6,9-10H,3-4,7-8,17H2,1-2H3,(H,18,19,20). The number of nitrogens with zero attached hydrogens (tertiary/aromatic N) is 1. The zero-order valence-corrected chi connectivity index (χ0v) is 13.3. The van der Waals surface area contributed by atoms with E-state index in [1.807, 2.05) is 0 Å². The van der Waals surface area contributed by atoms with Gasteiger partial charge in [-0.15, -0.1) is 0 Å². The van der Waals surface area contributed by atoms with Gasteiger partial charge in [0.2, 0.25) is 0 Å². The smallest absolute Gasteiger partial charge is 0.251 e. The molecule has 1 aromatic carbocycles. The number of aryl methyl sites for hydroxylation is 2. The third kappa shape index (κ3) is 4.44. The molecule has 0 atom stereocenters. The molecule has 0 spiro atoms. The fourth-order valence-corrected chi connectivity index (χ4v) is 3.05. The van der Waals surface area contributed by atoms with Crippen molar-refractivity contribution in [1.82, 2.24) is 9.97 Å². The van der Waals surface area contributed by atoms with Crippen LogP contribution in [-0.2, 0) is 12.8 Å². The second-order valence-electron chi connectivity index (χ2n) is 5.03. The van der Waals surface area contributed by atoms with Crippen molar-refractivity contribution in [2.24, 2.45) is 5.73 Å². The molecule has 0 radical (unpaired) electrons. The van der Waals surface area contributed by atoms with Crippen molar-refractivity contribution in [3.63, 3.8) is 0 Å². The van der Waals surface area contributed by atoms with E-state index in [1.54, 1.807) is 6.07 Å². The number of aromatic nitrogens is 2. The summed E-state index contributed by atoms with van der Waals surface area (Å²) < 4.78 is 0. The molecule has 0 aliphatic heterocycles. The van der Waals surface area contributed by atoms with Crippen molar-refractivity contribution in [2.75, 3.05) is 6.54 Å². The Balaban J connectivity index is 2.23. The van der Waals surface area contributed by atoms with Crippen LogP contribution in [-0.4, -0.2) is 16.5 Å². The van der Waals surface area contributed by atoms with Crippen LogP contribution in [0.25, 0.3) is 0 Å². The van der Waals surface area contributed by atoms with Crippen LogP contribution in [0.2, 0.25) is 0 Å². The number of aromatic amines is 1. The lowest BCUT2D eigenvalue weighted by Crippen LogP contribution is -2.10. The molecule has 0 fully saturated rings. The molecule has 2 aromatic rings. The van der Waals surface area contributed by atoms with E-state index < -0.39 is 0 Å². The van der Waals surface area contributed by atoms with Gasteiger partial charge in [-0.25, -0.2) is 4.98 Å². The predicted molar refractivity (Wildman–Crippen MR) is 86.9 cm³/mol. The number of hydrogen-bond donors (Lipinski definition) is 2. The number of nitrogens with one attached hydrogen (secondary N) is 1. The molecule has 112 valence electrons. The highest BCUT2D eigenvalue weighted by atomic mass is 32.2. The molecular weight excluding hydrogens is 282 g/mol. The van der Waals surface area contributed by atoms with E-state index in [1.165, 1.54) is 22.9 Å². The minimum atomic E-state index is -0.0895. The second kappa shape index (κ2) is 7.43. The second-order valence-corrected chi connectivity index (χ2v) is 6.06. The maximum atomic E-state index is 11.7. The first kappa shape index (κ1) is 15.8. The van der Waals surface area contributed by atoms with Gasteiger partial charge in [0.15, 0.2) is 5.16 Å². The topological polar surface area (TPSA) is 71.8 Å². The predicted octanol–water partition coefficient (Wildman–Crippen LogP) is 2.68. The van der Waals surface area contributed by atoms with Crippen LogP contribution in [0.3, 0.4) is 0 Å². The van der Waals surface area contributed by atoms with Crippen molar-refractivity contribution in [1.29, 1.82) is 0 Å². The van der Waals surface area contributed by atoms with Gasteiger partial charge in [-0.3, -0.25) is 4.79 Å². The zero-order valence-electron chi connectivity index (χ0n) is 12.5. The van der Waals surface area contributed by atoms with E-state index in [9.17, 15) is 4.79 Å². The van der Waals surface area contributed by atoms with Crippen LogP contribution < -0.4 is 11.3 Å². The monoisotopic (exact) mass is 303 g/mol. The number of nitrogens with two attached hydrogens (primary N) is 1. The van der Waals surface area contributed by atoms with Gasteiger partial charge in [-0.2, -0.15) is 0 Å². The average molecular weight is 303 g/mol. The van der Waals surface area contributed by atoms with Gasteiger partial charge in [0.25, 0.3) is 5.56 Å².